The van der Waals surface area contributed by atoms with Crippen molar-refractivity contribution in [3.05, 3.63) is 66.8 Å². The summed E-state index contributed by atoms with van der Waals surface area (Å²) in [7, 11) is -16.2. The van der Waals surface area contributed by atoms with Crippen LogP contribution in [0.3, 0.4) is 0 Å². The number of hydrogen-bond donors (Lipinski definition) is 0. The van der Waals surface area contributed by atoms with Crippen molar-refractivity contribution in [1.82, 2.24) is 0 Å². The van der Waals surface area contributed by atoms with Gasteiger partial charge in [-0.1, -0.05) is 0 Å². The molecule has 2 aromatic rings. The van der Waals surface area contributed by atoms with E-state index in [0.717, 1.165) is 30.4 Å². The van der Waals surface area contributed by atoms with Crippen LogP contribution in [0, 0.1) is 30.3 Å². The first-order chi connectivity index (χ1) is 21.7. The fraction of sp³-hybridized carbons (Fsp3) is 0.618. The summed E-state index contributed by atoms with van der Waals surface area (Å²) in [5, 5.41) is -3.97. The zero-order valence-corrected chi connectivity index (χ0v) is 32.5. The van der Waals surface area contributed by atoms with Gasteiger partial charge in [-0.3, -0.25) is 0 Å². The Labute approximate surface area is 293 Å². The third-order valence-electron chi connectivity index (χ3n) is 9.96. The van der Waals surface area contributed by atoms with E-state index >= 15 is 0 Å². The number of carbonyl (C=O) groups is 1. The monoisotopic (exact) mass is 854 g/mol. The molecule has 4 aliphatic carbocycles. The van der Waals surface area contributed by atoms with Crippen LogP contribution >= 0.6 is 42.1 Å². The van der Waals surface area contributed by atoms with Crippen molar-refractivity contribution in [3.63, 3.8) is 0 Å². The summed E-state index contributed by atoms with van der Waals surface area (Å²) in [5.74, 6) is -0.270. The zero-order chi connectivity index (χ0) is 35.8. The van der Waals surface area contributed by atoms with Crippen molar-refractivity contribution < 1.29 is 39.9 Å². The molecule has 0 saturated heterocycles. The van der Waals surface area contributed by atoms with Gasteiger partial charge in [-0.2, -0.15) is 0 Å². The van der Waals surface area contributed by atoms with Crippen LogP contribution in [-0.4, -0.2) is 31.0 Å². The van der Waals surface area contributed by atoms with E-state index in [1.807, 2.05) is 41.5 Å². The predicted octanol–water partition coefficient (Wildman–Crippen LogP) is 11.1. The van der Waals surface area contributed by atoms with Gasteiger partial charge in [0, 0.05) is 0 Å². The molecule has 272 valence electrons. The summed E-state index contributed by atoms with van der Waals surface area (Å²) < 4.78 is 108. The average molecular weight is 855 g/mol. The van der Waals surface area contributed by atoms with Crippen molar-refractivity contribution in [1.29, 1.82) is 0 Å². The van der Waals surface area contributed by atoms with Gasteiger partial charge in [0.1, 0.15) is 0 Å². The van der Waals surface area contributed by atoms with Crippen LogP contribution in [0.15, 0.2) is 48.5 Å². The molecular weight excluding hydrogens is 810 g/mol. The number of rotatable bonds is 10. The summed E-state index contributed by atoms with van der Waals surface area (Å²) in [6.45, 7) is 10.00. The molecular formula is C34H45ClF5IO5S2. The number of esters is 1. The van der Waals surface area contributed by atoms with Crippen LogP contribution < -0.4 is 0 Å². The summed E-state index contributed by atoms with van der Waals surface area (Å²) >= 11 is 2.32. The van der Waals surface area contributed by atoms with Gasteiger partial charge < -0.3 is 0 Å². The second-order valence-corrected chi connectivity index (χ2v) is 26.0. The number of halogens is 7. The van der Waals surface area contributed by atoms with Gasteiger partial charge in [0.2, 0.25) is 0 Å². The normalized spacial score (nSPS) is 27.5. The summed E-state index contributed by atoms with van der Waals surface area (Å²) in [6, 6.07) is 13.7. The second-order valence-electron chi connectivity index (χ2n) is 16.0. The predicted molar refractivity (Wildman–Crippen MR) is 190 cm³/mol. The van der Waals surface area contributed by atoms with Crippen LogP contribution in [0.2, 0.25) is 0 Å². The van der Waals surface area contributed by atoms with Crippen molar-refractivity contribution in [3.8, 4) is 0 Å². The molecule has 2 aromatic carbocycles. The van der Waals surface area contributed by atoms with Gasteiger partial charge in [-0.05, 0) is 0 Å². The summed E-state index contributed by atoms with van der Waals surface area (Å²) in [4.78, 5) is 13.3. The first kappa shape index (κ1) is 38.1. The number of benzene rings is 2. The number of ether oxygens (including phenoxy) is 1. The number of carbonyl (C=O) groups excluding carboxylic acids is 1. The Morgan fingerprint density at radius 1 is 0.812 bits per heavy atom. The standard InChI is InChI=1S/C34H45ClF5IO5S2/c1-32(2,3)25-7-11-27(12-8-25)41(28-13-9-26(10-14-28)33(4,5)6)46-47(43,44)30(35)29(48(36,37,38,39)40)21-45-31(42)34-18-22-15-23(19-34)17-24(16-22)20-34/h7-14,22-24,29-30H,15-21H2,1-6H3. The molecule has 4 fully saturated rings. The first-order valence-electron chi connectivity index (χ1n) is 16.1. The van der Waals surface area contributed by atoms with E-state index in [1.54, 1.807) is 48.5 Å². The molecule has 14 heteroatoms. The third-order valence-corrected chi connectivity index (χ3v) is 20.3. The van der Waals surface area contributed by atoms with E-state index in [2.05, 4.69) is 0 Å². The van der Waals surface area contributed by atoms with Gasteiger partial charge in [0.05, 0.1) is 0 Å². The van der Waals surface area contributed by atoms with E-state index in [1.165, 1.54) is 0 Å². The Balaban J connectivity index is 1.44. The molecule has 2 unspecified atom stereocenters. The van der Waals surface area contributed by atoms with Gasteiger partial charge in [0.15, 0.2) is 0 Å². The van der Waals surface area contributed by atoms with Gasteiger partial charge in [-0.25, -0.2) is 0 Å². The molecule has 5 nitrogen and oxygen atoms in total. The van der Waals surface area contributed by atoms with Gasteiger partial charge in [0.25, 0.3) is 0 Å². The van der Waals surface area contributed by atoms with Crippen LogP contribution in [-0.2, 0) is 33.0 Å². The molecule has 0 amide bonds. The van der Waals surface area contributed by atoms with Crippen molar-refractivity contribution in [2.45, 2.75) is 101 Å². The quantitative estimate of drug-likeness (QED) is 0.103. The molecule has 6 rings (SSSR count). The molecule has 4 bridgehead atoms. The Morgan fingerprint density at radius 2 is 1.19 bits per heavy atom. The molecule has 4 aliphatic rings. The van der Waals surface area contributed by atoms with E-state index in [-0.39, 0.29) is 28.6 Å². The van der Waals surface area contributed by atoms with Crippen LogP contribution in [0.25, 0.3) is 0 Å². The van der Waals surface area contributed by atoms with E-state index in [9.17, 15) is 32.6 Å². The Kier molecular flexibility index (Phi) is 9.48. The molecule has 0 N–H and O–H groups in total. The second kappa shape index (κ2) is 11.9. The van der Waals surface area contributed by atoms with Crippen LogP contribution in [0.5, 0.6) is 0 Å². The van der Waals surface area contributed by atoms with Crippen LogP contribution in [0.1, 0.15) is 91.2 Å². The van der Waals surface area contributed by atoms with E-state index in [4.69, 9.17) is 18.9 Å². The Bertz CT molecular complexity index is 1550. The summed E-state index contributed by atoms with van der Waals surface area (Å²) in [6.07, 6.45) is 4.10. The molecule has 0 radical (unpaired) electrons. The molecule has 4 saturated carbocycles. The number of alkyl halides is 1. The fourth-order valence-electron chi connectivity index (χ4n) is 7.71. The molecule has 0 heterocycles. The summed E-state index contributed by atoms with van der Waals surface area (Å²) in [5.41, 5.74) is 0.311. The Morgan fingerprint density at radius 3 is 1.52 bits per heavy atom. The molecule has 0 spiro atoms. The van der Waals surface area contributed by atoms with Crippen LogP contribution in [0.4, 0.5) is 19.4 Å². The van der Waals surface area contributed by atoms with Crippen molar-refractivity contribution in [2.75, 3.05) is 6.61 Å². The topological polar surface area (TPSA) is 69.7 Å². The SMILES string of the molecule is CC(C)(C)c1ccc(I(OS(=O)(=O)C(Cl)C(COC(=O)C23CC4CC(CC(C4)C2)C3)S(F)(F)(F)(F)F)c2ccc(C(C)(C)C)cc2)cc1. The maximum absolute atomic E-state index is 14.6. The van der Waals surface area contributed by atoms with Crippen molar-refractivity contribution >= 4 is 58.1 Å². The molecule has 0 aliphatic heterocycles. The third kappa shape index (κ3) is 8.31. The van der Waals surface area contributed by atoms with Crippen molar-refractivity contribution in [2.24, 2.45) is 23.2 Å². The van der Waals surface area contributed by atoms with Gasteiger partial charge in [-0.15, -0.1) is 0 Å². The minimum atomic E-state index is -10.7. The average Bonchev–Trinajstić information content (AvgIpc) is 2.93. The maximum atomic E-state index is 14.6. The van der Waals surface area contributed by atoms with E-state index < -0.39 is 68.5 Å². The minimum absolute atomic E-state index is 0.238. The molecule has 2 atom stereocenters. The van der Waals surface area contributed by atoms with Gasteiger partial charge >= 0.3 is 295 Å². The number of hydrogen-bond acceptors (Lipinski definition) is 5. The first-order valence-corrected chi connectivity index (χ1v) is 23.0. The Hall–Kier alpha value is -1.16. The zero-order valence-electron chi connectivity index (χ0n) is 28.0. The van der Waals surface area contributed by atoms with E-state index in [0.29, 0.717) is 26.4 Å². The fourth-order valence-corrected chi connectivity index (χ4v) is 17.6. The molecule has 0 aromatic heterocycles. The molecule has 48 heavy (non-hydrogen) atoms.